The number of halogens is 1. The molecule has 0 radical (unpaired) electrons. The molecule has 1 N–H and O–H groups in total. The van der Waals surface area contributed by atoms with Crippen LogP contribution in [0.4, 0.5) is 4.39 Å². The van der Waals surface area contributed by atoms with Crippen molar-refractivity contribution in [3.63, 3.8) is 0 Å². The number of ether oxygens (including phenoxy) is 1. The topological polar surface area (TPSA) is 75.7 Å². The van der Waals surface area contributed by atoms with Crippen molar-refractivity contribution in [3.05, 3.63) is 59.4 Å². The van der Waals surface area contributed by atoms with Crippen LogP contribution in [0.25, 0.3) is 0 Å². The molecule has 1 saturated heterocycles. The zero-order valence-corrected chi connectivity index (χ0v) is 17.5. The van der Waals surface area contributed by atoms with Crippen LogP contribution in [0.5, 0.6) is 5.75 Å². The molecule has 1 amide bonds. The minimum atomic E-state index is -4.11. The normalized spacial score (nSPS) is 18.4. The van der Waals surface area contributed by atoms with Crippen LogP contribution in [0.2, 0.25) is 0 Å². The van der Waals surface area contributed by atoms with E-state index in [0.717, 1.165) is 21.5 Å². The summed E-state index contributed by atoms with van der Waals surface area (Å²) in [6.45, 7) is 3.94. The second kappa shape index (κ2) is 8.51. The Kier molecular flexibility index (Phi) is 6.24. The van der Waals surface area contributed by atoms with Crippen molar-refractivity contribution >= 4 is 15.9 Å². The van der Waals surface area contributed by atoms with E-state index in [9.17, 15) is 17.6 Å². The predicted octanol–water partition coefficient (Wildman–Crippen LogP) is 3.17. The number of hydrogen-bond acceptors (Lipinski definition) is 4. The summed E-state index contributed by atoms with van der Waals surface area (Å²) in [5.74, 6) is -0.583. The van der Waals surface area contributed by atoms with Crippen LogP contribution in [0.3, 0.4) is 0 Å². The lowest BCUT2D eigenvalue weighted by molar-refractivity contribution is -0.124. The van der Waals surface area contributed by atoms with Crippen molar-refractivity contribution in [1.29, 1.82) is 0 Å². The molecule has 1 fully saturated rings. The highest BCUT2D eigenvalue weighted by atomic mass is 32.2. The monoisotopic (exact) mass is 420 g/mol. The van der Waals surface area contributed by atoms with Crippen LogP contribution in [0.1, 0.15) is 36.9 Å². The number of nitrogens with one attached hydrogen (secondary N) is 1. The summed E-state index contributed by atoms with van der Waals surface area (Å²) >= 11 is 0. The number of rotatable bonds is 6. The summed E-state index contributed by atoms with van der Waals surface area (Å²) < 4.78 is 46.5. The zero-order chi connectivity index (χ0) is 21.2. The molecular formula is C21H25FN2O4S. The molecule has 0 aliphatic carbocycles. The van der Waals surface area contributed by atoms with Gasteiger partial charge < -0.3 is 10.1 Å². The van der Waals surface area contributed by atoms with Crippen LogP contribution in [-0.4, -0.2) is 38.3 Å². The van der Waals surface area contributed by atoms with Gasteiger partial charge in [0.25, 0.3) is 0 Å². The minimum Gasteiger partial charge on any atom is -0.496 e. The number of benzene rings is 2. The van der Waals surface area contributed by atoms with Gasteiger partial charge in [-0.05, 0) is 44.9 Å². The highest BCUT2D eigenvalue weighted by Crippen LogP contribution is 2.30. The number of sulfonamides is 1. The highest BCUT2D eigenvalue weighted by molar-refractivity contribution is 7.89. The van der Waals surface area contributed by atoms with Crippen molar-refractivity contribution in [3.8, 4) is 5.75 Å². The fourth-order valence-electron chi connectivity index (χ4n) is 3.65. The fourth-order valence-corrected chi connectivity index (χ4v) is 5.37. The van der Waals surface area contributed by atoms with E-state index in [2.05, 4.69) is 5.32 Å². The molecule has 3 rings (SSSR count). The Bertz CT molecular complexity index is 1010. The quantitative estimate of drug-likeness (QED) is 0.779. The van der Waals surface area contributed by atoms with Gasteiger partial charge in [-0.25, -0.2) is 12.8 Å². The molecule has 2 unspecified atom stereocenters. The smallest absolute Gasteiger partial charge is 0.246 e. The maximum Gasteiger partial charge on any atom is 0.246 e. The molecule has 0 aromatic heterocycles. The third kappa shape index (κ3) is 4.28. The van der Waals surface area contributed by atoms with Gasteiger partial charge >= 0.3 is 0 Å². The number of amides is 1. The summed E-state index contributed by atoms with van der Waals surface area (Å²) in [7, 11) is -2.55. The van der Waals surface area contributed by atoms with Crippen molar-refractivity contribution in [2.45, 2.75) is 43.7 Å². The molecule has 1 aliphatic rings. The SMILES string of the molecule is COc1ccc(C)cc1C(C)NC(=O)C1CCCN1S(=O)(=O)c1ccccc1F. The molecule has 156 valence electrons. The van der Waals surface area contributed by atoms with E-state index in [-0.39, 0.29) is 12.6 Å². The Labute approximate surface area is 170 Å². The number of nitrogens with zero attached hydrogens (tertiary/aromatic N) is 1. The first-order valence-electron chi connectivity index (χ1n) is 9.47. The first-order valence-corrected chi connectivity index (χ1v) is 10.9. The summed E-state index contributed by atoms with van der Waals surface area (Å²) in [6, 6.07) is 9.63. The standard InChI is InChI=1S/C21H25FN2O4S/c1-14-10-11-19(28-3)16(13-14)15(2)23-21(25)18-8-6-12-24(18)29(26,27)20-9-5-4-7-17(20)22/h4-5,7,9-11,13,15,18H,6,8,12H2,1-3H3,(H,23,25). The van der Waals surface area contributed by atoms with Crippen molar-refractivity contribution in [1.82, 2.24) is 9.62 Å². The lowest BCUT2D eigenvalue weighted by Gasteiger charge is -2.26. The lowest BCUT2D eigenvalue weighted by Crippen LogP contribution is -2.46. The molecule has 0 spiro atoms. The van der Waals surface area contributed by atoms with Crippen molar-refractivity contribution < 1.29 is 22.3 Å². The van der Waals surface area contributed by atoms with Crippen LogP contribution in [-0.2, 0) is 14.8 Å². The molecule has 2 atom stereocenters. The summed E-state index contributed by atoms with van der Waals surface area (Å²) in [4.78, 5) is 12.5. The number of methoxy groups -OCH3 is 1. The lowest BCUT2D eigenvalue weighted by atomic mass is 10.0. The summed E-state index contributed by atoms with van der Waals surface area (Å²) in [5, 5.41) is 2.89. The van der Waals surface area contributed by atoms with Crippen molar-refractivity contribution in [2.75, 3.05) is 13.7 Å². The van der Waals surface area contributed by atoms with Gasteiger partial charge in [0.15, 0.2) is 0 Å². The zero-order valence-electron chi connectivity index (χ0n) is 16.7. The van der Waals surface area contributed by atoms with Crippen molar-refractivity contribution in [2.24, 2.45) is 0 Å². The molecule has 0 bridgehead atoms. The van der Waals surface area contributed by atoms with Gasteiger partial charge in [-0.15, -0.1) is 0 Å². The molecular weight excluding hydrogens is 395 g/mol. The minimum absolute atomic E-state index is 0.177. The highest BCUT2D eigenvalue weighted by Gasteiger charge is 2.40. The third-order valence-electron chi connectivity index (χ3n) is 5.14. The Morgan fingerprint density at radius 2 is 2.00 bits per heavy atom. The van der Waals surface area contributed by atoms with Crippen LogP contribution in [0.15, 0.2) is 47.4 Å². The van der Waals surface area contributed by atoms with E-state index < -0.39 is 32.7 Å². The number of carbonyl (C=O) groups is 1. The van der Waals surface area contributed by atoms with Gasteiger partial charge in [0, 0.05) is 12.1 Å². The van der Waals surface area contributed by atoms with Crippen LogP contribution in [0, 0.1) is 12.7 Å². The Morgan fingerprint density at radius 1 is 1.28 bits per heavy atom. The van der Waals surface area contributed by atoms with E-state index in [0.29, 0.717) is 18.6 Å². The average molecular weight is 421 g/mol. The van der Waals surface area contributed by atoms with Gasteiger partial charge in [0.1, 0.15) is 22.5 Å². The Hall–Kier alpha value is -2.45. The van der Waals surface area contributed by atoms with E-state index in [1.54, 1.807) is 7.11 Å². The number of carbonyl (C=O) groups excluding carboxylic acids is 1. The third-order valence-corrected chi connectivity index (χ3v) is 7.08. The number of aryl methyl sites for hydroxylation is 1. The summed E-state index contributed by atoms with van der Waals surface area (Å²) in [5.41, 5.74) is 1.83. The van der Waals surface area contributed by atoms with E-state index in [4.69, 9.17) is 4.74 Å². The van der Waals surface area contributed by atoms with Gasteiger partial charge in [-0.2, -0.15) is 4.31 Å². The molecule has 29 heavy (non-hydrogen) atoms. The molecule has 8 heteroatoms. The maximum atomic E-state index is 14.1. The van der Waals surface area contributed by atoms with Gasteiger partial charge in [0.2, 0.25) is 15.9 Å². The van der Waals surface area contributed by atoms with E-state index in [1.165, 1.54) is 18.2 Å². The van der Waals surface area contributed by atoms with E-state index >= 15 is 0 Å². The first-order chi connectivity index (χ1) is 13.8. The molecule has 2 aromatic carbocycles. The molecule has 0 saturated carbocycles. The fraction of sp³-hybridized carbons (Fsp3) is 0.381. The van der Waals surface area contributed by atoms with E-state index in [1.807, 2.05) is 32.0 Å². The Morgan fingerprint density at radius 3 is 2.69 bits per heavy atom. The first kappa shape index (κ1) is 21.3. The predicted molar refractivity (Wildman–Crippen MR) is 108 cm³/mol. The molecule has 1 heterocycles. The second-order valence-corrected chi connectivity index (χ2v) is 9.04. The average Bonchev–Trinajstić information content (AvgIpc) is 3.19. The van der Waals surface area contributed by atoms with Gasteiger partial charge in [0.05, 0.1) is 13.2 Å². The Balaban J connectivity index is 1.82. The van der Waals surface area contributed by atoms with Crippen LogP contribution >= 0.6 is 0 Å². The van der Waals surface area contributed by atoms with Gasteiger partial charge in [-0.1, -0.05) is 29.8 Å². The van der Waals surface area contributed by atoms with Crippen LogP contribution < -0.4 is 10.1 Å². The largest absolute Gasteiger partial charge is 0.496 e. The maximum absolute atomic E-state index is 14.1. The molecule has 6 nitrogen and oxygen atoms in total. The molecule has 1 aliphatic heterocycles. The second-order valence-electron chi connectivity index (χ2n) is 7.18. The van der Waals surface area contributed by atoms with Gasteiger partial charge in [-0.3, -0.25) is 4.79 Å². The number of hydrogen-bond donors (Lipinski definition) is 1. The molecule has 2 aromatic rings. The summed E-state index contributed by atoms with van der Waals surface area (Å²) in [6.07, 6.45) is 0.922.